The molecular weight excluding hydrogens is 251 g/mol. The summed E-state index contributed by atoms with van der Waals surface area (Å²) in [7, 11) is 0. The van der Waals surface area contributed by atoms with Crippen LogP contribution in [0.15, 0.2) is 42.5 Å². The molecule has 0 atom stereocenters. The van der Waals surface area contributed by atoms with Crippen molar-refractivity contribution >= 4 is 11.0 Å². The van der Waals surface area contributed by atoms with E-state index in [0.717, 1.165) is 28.0 Å². The summed E-state index contributed by atoms with van der Waals surface area (Å²) in [6.45, 7) is 6.38. The smallest absolute Gasteiger partial charge is 0.123 e. The molecule has 0 saturated carbocycles. The summed E-state index contributed by atoms with van der Waals surface area (Å²) < 4.78 is 13.1. The molecule has 0 radical (unpaired) electrons. The lowest BCUT2D eigenvalue weighted by molar-refractivity contribution is 0.554. The average Bonchev–Trinajstić information content (AvgIpc) is 2.83. The molecule has 0 aliphatic rings. The van der Waals surface area contributed by atoms with Gasteiger partial charge in [-0.25, -0.2) is 9.37 Å². The molecule has 0 unspecified atom stereocenters. The number of aromatic amines is 1. The van der Waals surface area contributed by atoms with Crippen molar-refractivity contribution in [2.24, 2.45) is 0 Å². The van der Waals surface area contributed by atoms with Gasteiger partial charge in [-0.1, -0.05) is 45.0 Å². The minimum atomic E-state index is -0.224. The summed E-state index contributed by atoms with van der Waals surface area (Å²) in [6, 6.07) is 12.6. The minimum absolute atomic E-state index is 0.0287. The molecule has 0 spiro atoms. The molecule has 0 aliphatic heterocycles. The number of hydrogen-bond donors (Lipinski definition) is 1. The van der Waals surface area contributed by atoms with Gasteiger partial charge in [-0.05, 0) is 23.8 Å². The lowest BCUT2D eigenvalue weighted by atomic mass is 9.96. The van der Waals surface area contributed by atoms with Gasteiger partial charge in [0.15, 0.2) is 0 Å². The molecule has 3 rings (SSSR count). The molecule has 3 heteroatoms. The Morgan fingerprint density at radius 2 is 1.70 bits per heavy atom. The van der Waals surface area contributed by atoms with E-state index in [0.29, 0.717) is 0 Å². The summed E-state index contributed by atoms with van der Waals surface area (Å²) in [5.41, 5.74) is 3.91. The Kier molecular flexibility index (Phi) is 2.85. The van der Waals surface area contributed by atoms with E-state index in [-0.39, 0.29) is 11.2 Å². The predicted molar refractivity (Wildman–Crippen MR) is 80.2 cm³/mol. The number of H-pyrrole nitrogens is 1. The van der Waals surface area contributed by atoms with Crippen LogP contribution in [0.4, 0.5) is 4.39 Å². The maximum absolute atomic E-state index is 13.1. The molecule has 20 heavy (non-hydrogen) atoms. The Bertz CT molecular complexity index is 749. The first-order chi connectivity index (χ1) is 9.45. The van der Waals surface area contributed by atoms with E-state index in [4.69, 9.17) is 4.98 Å². The van der Waals surface area contributed by atoms with Gasteiger partial charge in [-0.2, -0.15) is 0 Å². The van der Waals surface area contributed by atoms with E-state index in [2.05, 4.69) is 25.8 Å². The molecule has 0 aliphatic carbocycles. The van der Waals surface area contributed by atoms with Crippen molar-refractivity contribution < 1.29 is 4.39 Å². The third-order valence-corrected chi connectivity index (χ3v) is 3.38. The predicted octanol–water partition coefficient (Wildman–Crippen LogP) is 4.67. The number of rotatable bonds is 1. The standard InChI is InChI=1S/C17H17FN2/c1-17(2,3)16-19-14-6-4-5-13(15(14)20-16)11-7-9-12(18)10-8-11/h4-10H,1-3H3,(H,19,20). The van der Waals surface area contributed by atoms with Crippen molar-refractivity contribution in [1.29, 1.82) is 0 Å². The Labute approximate surface area is 117 Å². The quantitative estimate of drug-likeness (QED) is 0.682. The summed E-state index contributed by atoms with van der Waals surface area (Å²) >= 11 is 0. The van der Waals surface area contributed by atoms with E-state index in [1.54, 1.807) is 12.1 Å². The highest BCUT2D eigenvalue weighted by atomic mass is 19.1. The molecule has 1 N–H and O–H groups in total. The number of halogens is 1. The molecule has 1 aromatic heterocycles. The Morgan fingerprint density at radius 1 is 1.00 bits per heavy atom. The second-order valence-corrected chi connectivity index (χ2v) is 6.04. The zero-order valence-electron chi connectivity index (χ0n) is 11.9. The highest BCUT2D eigenvalue weighted by molar-refractivity contribution is 5.92. The average molecular weight is 268 g/mol. The largest absolute Gasteiger partial charge is 0.342 e. The van der Waals surface area contributed by atoms with Crippen molar-refractivity contribution in [3.05, 3.63) is 54.1 Å². The monoisotopic (exact) mass is 268 g/mol. The van der Waals surface area contributed by atoms with Crippen LogP contribution in [0.5, 0.6) is 0 Å². The number of benzene rings is 2. The van der Waals surface area contributed by atoms with Gasteiger partial charge >= 0.3 is 0 Å². The van der Waals surface area contributed by atoms with Gasteiger partial charge in [0.25, 0.3) is 0 Å². The van der Waals surface area contributed by atoms with E-state index in [1.165, 1.54) is 12.1 Å². The van der Waals surface area contributed by atoms with Crippen LogP contribution in [-0.2, 0) is 5.41 Å². The Balaban J connectivity index is 2.21. The van der Waals surface area contributed by atoms with Crippen LogP contribution in [0.25, 0.3) is 22.2 Å². The number of aromatic nitrogens is 2. The van der Waals surface area contributed by atoms with Gasteiger partial charge in [0.2, 0.25) is 0 Å². The van der Waals surface area contributed by atoms with Crippen molar-refractivity contribution in [2.75, 3.05) is 0 Å². The number of nitrogens with one attached hydrogen (secondary N) is 1. The lowest BCUT2D eigenvalue weighted by Gasteiger charge is -2.13. The first-order valence-electron chi connectivity index (χ1n) is 6.70. The molecule has 2 aromatic carbocycles. The van der Waals surface area contributed by atoms with Crippen LogP contribution in [0.2, 0.25) is 0 Å². The van der Waals surface area contributed by atoms with E-state index in [1.807, 2.05) is 18.2 Å². The first kappa shape index (κ1) is 12.9. The van der Waals surface area contributed by atoms with Crippen LogP contribution >= 0.6 is 0 Å². The third kappa shape index (κ3) is 2.20. The van der Waals surface area contributed by atoms with Gasteiger partial charge in [0.05, 0.1) is 11.0 Å². The van der Waals surface area contributed by atoms with Crippen molar-refractivity contribution in [1.82, 2.24) is 9.97 Å². The number of para-hydroxylation sites is 1. The van der Waals surface area contributed by atoms with Crippen molar-refractivity contribution in [3.8, 4) is 11.1 Å². The van der Waals surface area contributed by atoms with Crippen molar-refractivity contribution in [2.45, 2.75) is 26.2 Å². The van der Waals surface area contributed by atoms with E-state index >= 15 is 0 Å². The minimum Gasteiger partial charge on any atom is -0.342 e. The maximum atomic E-state index is 13.1. The number of hydrogen-bond acceptors (Lipinski definition) is 1. The maximum Gasteiger partial charge on any atom is 0.123 e. The Morgan fingerprint density at radius 3 is 2.35 bits per heavy atom. The van der Waals surface area contributed by atoms with Crippen LogP contribution < -0.4 is 0 Å². The number of nitrogens with zero attached hydrogens (tertiary/aromatic N) is 1. The summed E-state index contributed by atoms with van der Waals surface area (Å²) in [6.07, 6.45) is 0. The van der Waals surface area contributed by atoms with Crippen molar-refractivity contribution in [3.63, 3.8) is 0 Å². The molecule has 102 valence electrons. The van der Waals surface area contributed by atoms with Gasteiger partial charge in [0.1, 0.15) is 11.6 Å². The summed E-state index contributed by atoms with van der Waals surface area (Å²) in [5.74, 6) is 0.736. The molecule has 0 fully saturated rings. The Hall–Kier alpha value is -2.16. The van der Waals surface area contributed by atoms with Crippen LogP contribution in [-0.4, -0.2) is 9.97 Å². The van der Waals surface area contributed by atoms with E-state index in [9.17, 15) is 4.39 Å². The van der Waals surface area contributed by atoms with Gasteiger partial charge in [0, 0.05) is 11.0 Å². The fourth-order valence-electron chi connectivity index (χ4n) is 2.25. The fourth-order valence-corrected chi connectivity index (χ4v) is 2.25. The number of imidazole rings is 1. The molecule has 3 aromatic rings. The molecule has 0 bridgehead atoms. The molecule has 2 nitrogen and oxygen atoms in total. The molecular formula is C17H17FN2. The van der Waals surface area contributed by atoms with Gasteiger partial charge in [-0.3, -0.25) is 0 Å². The highest BCUT2D eigenvalue weighted by Gasteiger charge is 2.19. The zero-order valence-corrected chi connectivity index (χ0v) is 11.9. The topological polar surface area (TPSA) is 28.7 Å². The van der Waals surface area contributed by atoms with Crippen LogP contribution in [0, 0.1) is 5.82 Å². The lowest BCUT2D eigenvalue weighted by Crippen LogP contribution is -2.12. The van der Waals surface area contributed by atoms with E-state index < -0.39 is 0 Å². The van der Waals surface area contributed by atoms with Crippen LogP contribution in [0.1, 0.15) is 26.6 Å². The second-order valence-electron chi connectivity index (χ2n) is 6.04. The molecule has 0 amide bonds. The van der Waals surface area contributed by atoms with Gasteiger partial charge < -0.3 is 4.98 Å². The first-order valence-corrected chi connectivity index (χ1v) is 6.70. The highest BCUT2D eigenvalue weighted by Crippen LogP contribution is 2.30. The van der Waals surface area contributed by atoms with Crippen LogP contribution in [0.3, 0.4) is 0 Å². The summed E-state index contributed by atoms with van der Waals surface area (Å²) in [4.78, 5) is 8.11. The summed E-state index contributed by atoms with van der Waals surface area (Å²) in [5, 5.41) is 0. The zero-order chi connectivity index (χ0) is 14.3. The second kappa shape index (κ2) is 4.44. The van der Waals surface area contributed by atoms with Gasteiger partial charge in [-0.15, -0.1) is 0 Å². The molecule has 0 saturated heterocycles. The number of fused-ring (bicyclic) bond motifs is 1. The third-order valence-electron chi connectivity index (χ3n) is 3.38. The normalized spacial score (nSPS) is 12.0. The fraction of sp³-hybridized carbons (Fsp3) is 0.235. The molecule has 1 heterocycles. The SMILES string of the molecule is CC(C)(C)c1nc2c(-c3ccc(F)cc3)cccc2[nH]1.